The first-order valence-corrected chi connectivity index (χ1v) is 12.1. The van der Waals surface area contributed by atoms with E-state index in [1.807, 2.05) is 24.3 Å². The number of amides is 2. The minimum absolute atomic E-state index is 0.0745. The fourth-order valence-electron chi connectivity index (χ4n) is 5.50. The van der Waals surface area contributed by atoms with E-state index >= 15 is 0 Å². The molecule has 2 aromatic carbocycles. The molecule has 5 nitrogen and oxygen atoms in total. The molecule has 0 bridgehead atoms. The van der Waals surface area contributed by atoms with Crippen molar-refractivity contribution in [1.82, 2.24) is 4.90 Å². The molecule has 3 aliphatic rings. The maximum absolute atomic E-state index is 13.1. The molecule has 6 heteroatoms. The molecule has 2 amide bonds. The number of benzene rings is 2. The van der Waals surface area contributed by atoms with E-state index in [4.69, 9.17) is 5.73 Å². The summed E-state index contributed by atoms with van der Waals surface area (Å²) in [5, 5.41) is -0.392. The zero-order valence-electron chi connectivity index (χ0n) is 17.8. The van der Waals surface area contributed by atoms with Crippen LogP contribution in [0.5, 0.6) is 0 Å². The molecule has 2 aromatic rings. The van der Waals surface area contributed by atoms with Crippen molar-refractivity contribution in [3.05, 3.63) is 59.7 Å². The predicted molar refractivity (Wildman–Crippen MR) is 124 cm³/mol. The van der Waals surface area contributed by atoms with Gasteiger partial charge in [-0.15, -0.1) is 11.8 Å². The normalized spacial score (nSPS) is 22.2. The fourth-order valence-corrected chi connectivity index (χ4v) is 6.60. The molecule has 1 unspecified atom stereocenters. The van der Waals surface area contributed by atoms with E-state index in [2.05, 4.69) is 29.2 Å². The predicted octanol–water partition coefficient (Wildman–Crippen LogP) is 3.35. The van der Waals surface area contributed by atoms with E-state index in [1.54, 1.807) is 10.5 Å². The summed E-state index contributed by atoms with van der Waals surface area (Å²) in [5.41, 5.74) is 9.89. The number of piperidine rings is 1. The van der Waals surface area contributed by atoms with E-state index in [0.29, 0.717) is 18.4 Å². The number of rotatable bonds is 4. The van der Waals surface area contributed by atoms with Gasteiger partial charge in [0, 0.05) is 24.4 Å². The van der Waals surface area contributed by atoms with Crippen molar-refractivity contribution >= 4 is 29.3 Å². The molecule has 1 fully saturated rings. The Morgan fingerprint density at radius 3 is 2.58 bits per heavy atom. The van der Waals surface area contributed by atoms with Crippen LogP contribution in [0.15, 0.2) is 53.4 Å². The summed E-state index contributed by atoms with van der Waals surface area (Å²) in [5.74, 6) is -0.291. The highest BCUT2D eigenvalue weighted by atomic mass is 32.2. The van der Waals surface area contributed by atoms with Crippen LogP contribution < -0.4 is 10.6 Å². The van der Waals surface area contributed by atoms with Crippen molar-refractivity contribution in [2.24, 2.45) is 5.73 Å². The average molecular weight is 436 g/mol. The number of nitrogens with two attached hydrogens (primary N) is 1. The van der Waals surface area contributed by atoms with Crippen LogP contribution in [0.25, 0.3) is 0 Å². The first-order chi connectivity index (χ1) is 15.1. The molecule has 2 N–H and O–H groups in total. The summed E-state index contributed by atoms with van der Waals surface area (Å²) in [4.78, 5) is 30.1. The molecule has 31 heavy (non-hydrogen) atoms. The SMILES string of the molecule is NC(=O)C1CN(C(=O)CCN2CCC3(CCc4ccccc43)CC2)c2ccccc2S1. The quantitative estimate of drug-likeness (QED) is 0.800. The summed E-state index contributed by atoms with van der Waals surface area (Å²) < 4.78 is 0. The topological polar surface area (TPSA) is 66.6 Å². The minimum atomic E-state index is -0.392. The number of thioether (sulfide) groups is 1. The lowest BCUT2D eigenvalue weighted by atomic mass is 9.74. The lowest BCUT2D eigenvalue weighted by Crippen LogP contribution is -2.46. The first kappa shape index (κ1) is 20.6. The van der Waals surface area contributed by atoms with Gasteiger partial charge in [0.05, 0.1) is 5.69 Å². The third kappa shape index (κ3) is 3.87. The number of aryl methyl sites for hydroxylation is 1. The van der Waals surface area contributed by atoms with Gasteiger partial charge in [0.2, 0.25) is 11.8 Å². The zero-order valence-corrected chi connectivity index (χ0v) is 18.6. The number of para-hydroxylation sites is 1. The Labute approximate surface area is 188 Å². The number of carbonyl (C=O) groups excluding carboxylic acids is 2. The zero-order chi connectivity index (χ0) is 21.4. The summed E-state index contributed by atoms with van der Waals surface area (Å²) in [6.45, 7) is 3.20. The molecule has 5 rings (SSSR count). The molecule has 1 aliphatic carbocycles. The van der Waals surface area contributed by atoms with Crippen molar-refractivity contribution in [2.75, 3.05) is 31.1 Å². The number of likely N-dealkylation sites (tertiary alicyclic amines) is 1. The van der Waals surface area contributed by atoms with Gasteiger partial charge < -0.3 is 15.5 Å². The molecule has 1 atom stereocenters. The number of hydrogen-bond acceptors (Lipinski definition) is 4. The van der Waals surface area contributed by atoms with E-state index < -0.39 is 5.25 Å². The molecule has 0 saturated carbocycles. The van der Waals surface area contributed by atoms with Gasteiger partial charge in [-0.1, -0.05) is 36.4 Å². The van der Waals surface area contributed by atoms with Crippen LogP contribution >= 0.6 is 11.8 Å². The smallest absolute Gasteiger partial charge is 0.232 e. The average Bonchev–Trinajstić information content (AvgIpc) is 3.16. The van der Waals surface area contributed by atoms with Crippen LogP contribution in [0.3, 0.4) is 0 Å². The lowest BCUT2D eigenvalue weighted by molar-refractivity contribution is -0.119. The Hall–Kier alpha value is -2.31. The molecule has 2 aliphatic heterocycles. The van der Waals surface area contributed by atoms with Crippen molar-refractivity contribution < 1.29 is 9.59 Å². The largest absolute Gasteiger partial charge is 0.369 e. The van der Waals surface area contributed by atoms with Crippen LogP contribution in [0.4, 0.5) is 5.69 Å². The highest BCUT2D eigenvalue weighted by Gasteiger charge is 2.41. The van der Waals surface area contributed by atoms with Crippen LogP contribution in [0.2, 0.25) is 0 Å². The standard InChI is InChI=1S/C25H29N3O2S/c26-24(30)22-17-28(20-7-3-4-8-21(20)31-22)23(29)10-14-27-15-12-25(13-16-27)11-9-18-5-1-2-6-19(18)25/h1-8,22H,9-17H2,(H2,26,30). The number of anilines is 1. The van der Waals surface area contributed by atoms with E-state index in [1.165, 1.54) is 43.0 Å². The Morgan fingerprint density at radius 2 is 1.77 bits per heavy atom. The van der Waals surface area contributed by atoms with Gasteiger partial charge in [-0.05, 0) is 67.4 Å². The molecule has 0 aromatic heterocycles. The summed E-state index contributed by atoms with van der Waals surface area (Å²) in [6, 6.07) is 16.7. The second-order valence-corrected chi connectivity index (χ2v) is 10.3. The number of fused-ring (bicyclic) bond motifs is 3. The highest BCUT2D eigenvalue weighted by molar-refractivity contribution is 8.00. The minimum Gasteiger partial charge on any atom is -0.369 e. The van der Waals surface area contributed by atoms with Crippen LogP contribution in [-0.4, -0.2) is 48.1 Å². The van der Waals surface area contributed by atoms with E-state index in [9.17, 15) is 9.59 Å². The third-order valence-corrected chi connectivity index (χ3v) is 8.57. The first-order valence-electron chi connectivity index (χ1n) is 11.2. The Kier molecular flexibility index (Phi) is 5.52. The van der Waals surface area contributed by atoms with Crippen LogP contribution in [0.1, 0.15) is 36.8 Å². The maximum Gasteiger partial charge on any atom is 0.232 e. The molecular weight excluding hydrogens is 406 g/mol. The van der Waals surface area contributed by atoms with Crippen molar-refractivity contribution in [3.63, 3.8) is 0 Å². The highest BCUT2D eigenvalue weighted by Crippen LogP contribution is 2.46. The maximum atomic E-state index is 13.1. The van der Waals surface area contributed by atoms with E-state index in [-0.39, 0.29) is 11.8 Å². The van der Waals surface area contributed by atoms with Gasteiger partial charge in [-0.3, -0.25) is 9.59 Å². The molecule has 0 radical (unpaired) electrons. The molecule has 1 spiro atoms. The summed E-state index contributed by atoms with van der Waals surface area (Å²) in [6.07, 6.45) is 5.27. The van der Waals surface area contributed by atoms with Crippen LogP contribution in [0, 0.1) is 0 Å². The Morgan fingerprint density at radius 1 is 1.03 bits per heavy atom. The van der Waals surface area contributed by atoms with Crippen molar-refractivity contribution in [1.29, 1.82) is 0 Å². The molecular formula is C25H29N3O2S. The monoisotopic (exact) mass is 435 g/mol. The van der Waals surface area contributed by atoms with Gasteiger partial charge in [-0.25, -0.2) is 0 Å². The van der Waals surface area contributed by atoms with Crippen molar-refractivity contribution in [2.45, 2.75) is 47.7 Å². The third-order valence-electron chi connectivity index (χ3n) is 7.31. The van der Waals surface area contributed by atoms with Gasteiger partial charge in [0.15, 0.2) is 0 Å². The van der Waals surface area contributed by atoms with Gasteiger partial charge >= 0.3 is 0 Å². The number of carbonyl (C=O) groups is 2. The second kappa shape index (κ2) is 8.32. The van der Waals surface area contributed by atoms with Crippen LogP contribution in [-0.2, 0) is 21.4 Å². The number of hydrogen-bond donors (Lipinski definition) is 1. The summed E-state index contributed by atoms with van der Waals surface area (Å²) >= 11 is 1.46. The summed E-state index contributed by atoms with van der Waals surface area (Å²) in [7, 11) is 0. The van der Waals surface area contributed by atoms with Gasteiger partial charge in [-0.2, -0.15) is 0 Å². The fraction of sp³-hybridized carbons (Fsp3) is 0.440. The molecule has 2 heterocycles. The Balaban J connectivity index is 1.21. The van der Waals surface area contributed by atoms with Gasteiger partial charge in [0.25, 0.3) is 0 Å². The lowest BCUT2D eigenvalue weighted by Gasteiger charge is -2.40. The van der Waals surface area contributed by atoms with Gasteiger partial charge in [0.1, 0.15) is 5.25 Å². The number of nitrogens with zero attached hydrogens (tertiary/aromatic N) is 2. The molecule has 1 saturated heterocycles. The number of primary amides is 1. The molecule has 162 valence electrons. The Bertz CT molecular complexity index is 1000. The van der Waals surface area contributed by atoms with Crippen molar-refractivity contribution in [3.8, 4) is 0 Å². The van der Waals surface area contributed by atoms with E-state index in [0.717, 1.165) is 30.2 Å². The second-order valence-electron chi connectivity index (χ2n) is 9.01.